The van der Waals surface area contributed by atoms with Crippen LogP contribution in [0.25, 0.3) is 0 Å². The molecule has 2 aliphatic heterocycles. The highest BCUT2D eigenvalue weighted by atomic mass is 32.2. The molecule has 114 valence electrons. The third-order valence-electron chi connectivity index (χ3n) is 5.52. The second kappa shape index (κ2) is 5.62. The van der Waals surface area contributed by atoms with Gasteiger partial charge in [-0.2, -0.15) is 11.8 Å². The van der Waals surface area contributed by atoms with E-state index in [0.29, 0.717) is 0 Å². The number of nitrogens with zero attached hydrogens (tertiary/aromatic N) is 1. The van der Waals surface area contributed by atoms with Gasteiger partial charge >= 0.3 is 0 Å². The van der Waals surface area contributed by atoms with Crippen molar-refractivity contribution in [2.24, 2.45) is 11.3 Å². The molecule has 0 N–H and O–H groups in total. The highest BCUT2D eigenvalue weighted by molar-refractivity contribution is 8.00. The second-order valence-corrected chi connectivity index (χ2v) is 8.79. The van der Waals surface area contributed by atoms with Crippen LogP contribution in [0.2, 0.25) is 0 Å². The lowest BCUT2D eigenvalue weighted by molar-refractivity contribution is 0.255. The van der Waals surface area contributed by atoms with Crippen molar-refractivity contribution in [1.82, 2.24) is 4.90 Å². The zero-order valence-electron chi connectivity index (χ0n) is 13.2. The van der Waals surface area contributed by atoms with E-state index in [2.05, 4.69) is 47.9 Å². The van der Waals surface area contributed by atoms with Crippen molar-refractivity contribution in [3.63, 3.8) is 0 Å². The molecule has 1 nitrogen and oxygen atoms in total. The van der Waals surface area contributed by atoms with E-state index in [1.807, 2.05) is 0 Å². The molecule has 2 saturated heterocycles. The Morgan fingerprint density at radius 1 is 1.24 bits per heavy atom. The second-order valence-electron chi connectivity index (χ2n) is 7.80. The maximum atomic E-state index is 2.73. The molecule has 3 aliphatic rings. The molecule has 1 unspecified atom stereocenters. The molecule has 0 amide bonds. The van der Waals surface area contributed by atoms with E-state index < -0.39 is 0 Å². The van der Waals surface area contributed by atoms with Crippen LogP contribution in [0.1, 0.15) is 43.2 Å². The normalized spacial score (nSPS) is 26.0. The van der Waals surface area contributed by atoms with E-state index in [0.717, 1.165) is 17.3 Å². The summed E-state index contributed by atoms with van der Waals surface area (Å²) in [6, 6.07) is 9.49. The summed E-state index contributed by atoms with van der Waals surface area (Å²) >= 11 is 2.14. The Kier molecular flexibility index (Phi) is 3.79. The number of hydrogen-bond donors (Lipinski definition) is 0. The Morgan fingerprint density at radius 2 is 2.00 bits per heavy atom. The molecule has 4 rings (SSSR count). The Balaban J connectivity index is 1.28. The third kappa shape index (κ3) is 3.17. The largest absolute Gasteiger partial charge is 0.302 e. The van der Waals surface area contributed by atoms with E-state index in [-0.39, 0.29) is 0 Å². The van der Waals surface area contributed by atoms with E-state index in [4.69, 9.17) is 0 Å². The first kappa shape index (κ1) is 14.1. The summed E-state index contributed by atoms with van der Waals surface area (Å²) in [5, 5.41) is 0. The van der Waals surface area contributed by atoms with Gasteiger partial charge in [0.2, 0.25) is 0 Å². The van der Waals surface area contributed by atoms with Crippen molar-refractivity contribution < 1.29 is 0 Å². The molecule has 3 fully saturated rings. The van der Waals surface area contributed by atoms with Crippen molar-refractivity contribution in [3.8, 4) is 0 Å². The summed E-state index contributed by atoms with van der Waals surface area (Å²) in [4.78, 5) is 2.73. The number of benzene rings is 1. The molecule has 1 atom stereocenters. The molecule has 0 aromatic heterocycles. The van der Waals surface area contributed by atoms with Gasteiger partial charge in [-0.3, -0.25) is 0 Å². The average molecular weight is 301 g/mol. The van der Waals surface area contributed by atoms with Crippen molar-refractivity contribution in [2.45, 2.75) is 38.5 Å². The molecular weight excluding hydrogens is 274 g/mol. The standard InChI is InChI=1S/C19H27NS/c1-15(11-20-9-8-19(12-20)13-21-14-19)10-16-2-4-17(5-3-16)18-6-7-18/h2-5,15,18H,6-14H2,1H3. The summed E-state index contributed by atoms with van der Waals surface area (Å²) in [7, 11) is 0. The van der Waals surface area contributed by atoms with Crippen LogP contribution in [0.4, 0.5) is 0 Å². The number of likely N-dealkylation sites (tertiary alicyclic amines) is 1. The fourth-order valence-electron chi connectivity index (χ4n) is 4.06. The lowest BCUT2D eigenvalue weighted by Crippen LogP contribution is -2.39. The van der Waals surface area contributed by atoms with Gasteiger partial charge in [0.05, 0.1) is 0 Å². The smallest absolute Gasteiger partial charge is 0.00544 e. The summed E-state index contributed by atoms with van der Waals surface area (Å²) in [6.07, 6.45) is 5.50. The molecule has 0 bridgehead atoms. The van der Waals surface area contributed by atoms with Crippen LogP contribution in [-0.4, -0.2) is 36.0 Å². The lowest BCUT2D eigenvalue weighted by Gasteiger charge is -2.37. The number of rotatable bonds is 5. The third-order valence-corrected chi connectivity index (χ3v) is 7.15. The van der Waals surface area contributed by atoms with Crippen molar-refractivity contribution in [2.75, 3.05) is 31.1 Å². The SMILES string of the molecule is CC(Cc1ccc(C2CC2)cc1)CN1CCC2(CSC2)C1. The molecule has 21 heavy (non-hydrogen) atoms. The van der Waals surface area contributed by atoms with Crippen LogP contribution in [0.15, 0.2) is 24.3 Å². The molecular formula is C19H27NS. The van der Waals surface area contributed by atoms with Gasteiger partial charge in [0.1, 0.15) is 0 Å². The average Bonchev–Trinajstić information content (AvgIpc) is 3.19. The molecule has 1 saturated carbocycles. The van der Waals surface area contributed by atoms with Crippen LogP contribution in [0, 0.1) is 11.3 Å². The van der Waals surface area contributed by atoms with Crippen LogP contribution in [0.3, 0.4) is 0 Å². The first-order valence-electron chi connectivity index (χ1n) is 8.61. The van der Waals surface area contributed by atoms with Crippen LogP contribution >= 0.6 is 11.8 Å². The molecule has 0 radical (unpaired) electrons. The van der Waals surface area contributed by atoms with E-state index in [1.165, 1.54) is 62.4 Å². The Hall–Kier alpha value is -0.470. The van der Waals surface area contributed by atoms with E-state index in [1.54, 1.807) is 5.56 Å². The van der Waals surface area contributed by atoms with Gasteiger partial charge in [0.25, 0.3) is 0 Å². The highest BCUT2D eigenvalue weighted by Gasteiger charge is 2.43. The van der Waals surface area contributed by atoms with Crippen molar-refractivity contribution in [3.05, 3.63) is 35.4 Å². The van der Waals surface area contributed by atoms with Crippen LogP contribution < -0.4 is 0 Å². The Labute approximate surface area is 133 Å². The fourth-order valence-corrected chi connectivity index (χ4v) is 5.31. The molecule has 1 spiro atoms. The molecule has 2 heterocycles. The predicted octanol–water partition coefficient (Wildman–Crippen LogP) is 4.18. The van der Waals surface area contributed by atoms with Crippen molar-refractivity contribution >= 4 is 11.8 Å². The monoisotopic (exact) mass is 301 g/mol. The summed E-state index contributed by atoms with van der Waals surface area (Å²) in [5.41, 5.74) is 3.81. The topological polar surface area (TPSA) is 3.24 Å². The minimum Gasteiger partial charge on any atom is -0.302 e. The van der Waals surface area contributed by atoms with Crippen molar-refractivity contribution in [1.29, 1.82) is 0 Å². The van der Waals surface area contributed by atoms with Gasteiger partial charge in [-0.15, -0.1) is 0 Å². The van der Waals surface area contributed by atoms with Gasteiger partial charge in [0, 0.05) is 30.0 Å². The minimum atomic E-state index is 0.719. The summed E-state index contributed by atoms with van der Waals surface area (Å²) in [5.74, 6) is 4.50. The van der Waals surface area contributed by atoms with Gasteiger partial charge in [0.15, 0.2) is 0 Å². The molecule has 1 aromatic rings. The Morgan fingerprint density at radius 3 is 2.57 bits per heavy atom. The van der Waals surface area contributed by atoms with E-state index >= 15 is 0 Å². The van der Waals surface area contributed by atoms with Gasteiger partial charge in [-0.25, -0.2) is 0 Å². The first-order valence-corrected chi connectivity index (χ1v) is 9.77. The zero-order valence-corrected chi connectivity index (χ0v) is 14.0. The summed E-state index contributed by atoms with van der Waals surface area (Å²) in [6.45, 7) is 6.42. The molecule has 1 aliphatic carbocycles. The zero-order chi connectivity index (χ0) is 14.3. The van der Waals surface area contributed by atoms with Gasteiger partial charge in [-0.05, 0) is 55.2 Å². The maximum Gasteiger partial charge on any atom is 0.00544 e. The maximum absolute atomic E-state index is 2.73. The minimum absolute atomic E-state index is 0.719. The fraction of sp³-hybridized carbons (Fsp3) is 0.684. The predicted molar refractivity (Wildman–Crippen MR) is 92.1 cm³/mol. The van der Waals surface area contributed by atoms with Crippen LogP contribution in [-0.2, 0) is 6.42 Å². The molecule has 2 heteroatoms. The summed E-state index contributed by atoms with van der Waals surface area (Å²) < 4.78 is 0. The van der Waals surface area contributed by atoms with Gasteiger partial charge < -0.3 is 4.90 Å². The lowest BCUT2D eigenvalue weighted by atomic mass is 9.91. The van der Waals surface area contributed by atoms with E-state index in [9.17, 15) is 0 Å². The van der Waals surface area contributed by atoms with Crippen LogP contribution in [0.5, 0.6) is 0 Å². The number of thioether (sulfide) groups is 1. The number of hydrogen-bond acceptors (Lipinski definition) is 2. The first-order chi connectivity index (χ1) is 10.2. The highest BCUT2D eigenvalue weighted by Crippen LogP contribution is 2.45. The quantitative estimate of drug-likeness (QED) is 0.802. The molecule has 1 aromatic carbocycles. The Bertz CT molecular complexity index is 487. The van der Waals surface area contributed by atoms with Gasteiger partial charge in [-0.1, -0.05) is 31.2 Å².